The van der Waals surface area contributed by atoms with E-state index in [1.807, 2.05) is 0 Å². The third-order valence-electron chi connectivity index (χ3n) is 4.08. The lowest BCUT2D eigenvalue weighted by Gasteiger charge is -2.34. The minimum Gasteiger partial charge on any atom is -0.482 e. The average Bonchev–Trinajstić information content (AvgIpc) is 2.66. The molecule has 0 saturated carbocycles. The number of amides is 3. The second-order valence-electron chi connectivity index (χ2n) is 5.98. The molecule has 3 amide bonds. The standard InChI is InChI=1S/C18H25N3O5/c1-3-4-9-20-10-11-21(12-16(20)22)18(24)19-14-5-7-15(8-6-14)26-13-17(23)25-2/h5-8H,3-4,9-13H2,1-2H3,(H,19,24). The Kier molecular flexibility index (Phi) is 7.25. The molecule has 1 aliphatic rings. The number of nitrogens with one attached hydrogen (secondary N) is 1. The highest BCUT2D eigenvalue weighted by Gasteiger charge is 2.26. The van der Waals surface area contributed by atoms with E-state index in [0.29, 0.717) is 24.5 Å². The highest BCUT2D eigenvalue weighted by molar-refractivity contribution is 5.93. The number of methoxy groups -OCH3 is 1. The molecule has 8 nitrogen and oxygen atoms in total. The number of hydrogen-bond acceptors (Lipinski definition) is 5. The Morgan fingerprint density at radius 3 is 2.54 bits per heavy atom. The SMILES string of the molecule is CCCCN1CCN(C(=O)Nc2ccc(OCC(=O)OC)cc2)CC1=O. The van der Waals surface area contributed by atoms with Crippen molar-refractivity contribution in [1.82, 2.24) is 9.80 Å². The van der Waals surface area contributed by atoms with Crippen LogP contribution in [0, 0.1) is 0 Å². The minimum absolute atomic E-state index is 0.0218. The van der Waals surface area contributed by atoms with Crippen LogP contribution >= 0.6 is 0 Å². The number of hydrogen-bond donors (Lipinski definition) is 1. The van der Waals surface area contributed by atoms with Gasteiger partial charge in [-0.05, 0) is 30.7 Å². The number of carbonyl (C=O) groups excluding carboxylic acids is 3. The molecule has 2 rings (SSSR count). The summed E-state index contributed by atoms with van der Waals surface area (Å²) >= 11 is 0. The lowest BCUT2D eigenvalue weighted by Crippen LogP contribution is -2.53. The molecule has 1 aliphatic heterocycles. The second-order valence-corrected chi connectivity index (χ2v) is 5.98. The lowest BCUT2D eigenvalue weighted by molar-refractivity contribution is -0.143. The fourth-order valence-corrected chi connectivity index (χ4v) is 2.51. The molecular weight excluding hydrogens is 338 g/mol. The number of anilines is 1. The summed E-state index contributed by atoms with van der Waals surface area (Å²) in [6.45, 7) is 3.83. The molecule has 142 valence electrons. The fraction of sp³-hybridized carbons (Fsp3) is 0.500. The summed E-state index contributed by atoms with van der Waals surface area (Å²) in [6, 6.07) is 6.32. The Morgan fingerprint density at radius 1 is 1.19 bits per heavy atom. The smallest absolute Gasteiger partial charge is 0.343 e. The molecule has 0 bridgehead atoms. The number of carbonyl (C=O) groups is 3. The van der Waals surface area contributed by atoms with Crippen LogP contribution in [0.2, 0.25) is 0 Å². The Hall–Kier alpha value is -2.77. The van der Waals surface area contributed by atoms with E-state index in [1.165, 1.54) is 12.0 Å². The zero-order valence-corrected chi connectivity index (χ0v) is 15.2. The van der Waals surface area contributed by atoms with E-state index in [2.05, 4.69) is 17.0 Å². The van der Waals surface area contributed by atoms with Crippen molar-refractivity contribution in [2.75, 3.05) is 45.2 Å². The Bertz CT molecular complexity index is 632. The minimum atomic E-state index is -0.467. The highest BCUT2D eigenvalue weighted by Crippen LogP contribution is 2.16. The van der Waals surface area contributed by atoms with Gasteiger partial charge in [-0.25, -0.2) is 9.59 Å². The molecule has 1 saturated heterocycles. The van der Waals surface area contributed by atoms with Gasteiger partial charge in [0.1, 0.15) is 12.3 Å². The molecule has 1 N–H and O–H groups in total. The Labute approximate surface area is 153 Å². The van der Waals surface area contributed by atoms with Gasteiger partial charge in [0.05, 0.1) is 7.11 Å². The third-order valence-corrected chi connectivity index (χ3v) is 4.08. The van der Waals surface area contributed by atoms with Crippen molar-refractivity contribution in [3.05, 3.63) is 24.3 Å². The van der Waals surface area contributed by atoms with Crippen molar-refractivity contribution >= 4 is 23.6 Å². The van der Waals surface area contributed by atoms with E-state index >= 15 is 0 Å². The van der Waals surface area contributed by atoms with E-state index in [1.54, 1.807) is 29.2 Å². The zero-order chi connectivity index (χ0) is 18.9. The molecule has 8 heteroatoms. The van der Waals surface area contributed by atoms with Crippen molar-refractivity contribution in [1.29, 1.82) is 0 Å². The quantitative estimate of drug-likeness (QED) is 0.745. The molecule has 0 aliphatic carbocycles. The largest absolute Gasteiger partial charge is 0.482 e. The van der Waals surface area contributed by atoms with Crippen molar-refractivity contribution < 1.29 is 23.9 Å². The third kappa shape index (κ3) is 5.65. The number of urea groups is 1. The molecular formula is C18H25N3O5. The van der Waals surface area contributed by atoms with Gasteiger partial charge in [-0.15, -0.1) is 0 Å². The van der Waals surface area contributed by atoms with Crippen molar-refractivity contribution in [3.8, 4) is 5.75 Å². The van der Waals surface area contributed by atoms with Crippen LogP contribution < -0.4 is 10.1 Å². The number of nitrogens with zero attached hydrogens (tertiary/aromatic N) is 2. The summed E-state index contributed by atoms with van der Waals surface area (Å²) < 4.78 is 9.74. The summed E-state index contributed by atoms with van der Waals surface area (Å²) in [5.41, 5.74) is 0.585. The van der Waals surface area contributed by atoms with E-state index in [-0.39, 0.29) is 25.1 Å². The van der Waals surface area contributed by atoms with Crippen molar-refractivity contribution in [2.45, 2.75) is 19.8 Å². The van der Waals surface area contributed by atoms with Gasteiger partial charge in [-0.1, -0.05) is 13.3 Å². The first-order valence-electron chi connectivity index (χ1n) is 8.67. The second kappa shape index (κ2) is 9.65. The number of rotatable bonds is 7. The zero-order valence-electron chi connectivity index (χ0n) is 15.2. The van der Waals surface area contributed by atoms with Crippen LogP contribution in [0.1, 0.15) is 19.8 Å². The summed E-state index contributed by atoms with van der Waals surface area (Å²) in [7, 11) is 1.29. The Balaban J connectivity index is 1.82. The molecule has 0 radical (unpaired) electrons. The normalized spacial score (nSPS) is 14.2. The topological polar surface area (TPSA) is 88.2 Å². The molecule has 0 spiro atoms. The molecule has 26 heavy (non-hydrogen) atoms. The van der Waals surface area contributed by atoms with Gasteiger partial charge in [0.2, 0.25) is 5.91 Å². The summed E-state index contributed by atoms with van der Waals surface area (Å²) in [4.78, 5) is 38.8. The molecule has 1 aromatic rings. The van der Waals surface area contributed by atoms with Gasteiger partial charge >= 0.3 is 12.0 Å². The highest BCUT2D eigenvalue weighted by atomic mass is 16.6. The monoisotopic (exact) mass is 363 g/mol. The summed E-state index contributed by atoms with van der Waals surface area (Å²) in [5.74, 6) is 0.00430. The van der Waals surface area contributed by atoms with Gasteiger partial charge in [-0.3, -0.25) is 4.79 Å². The van der Waals surface area contributed by atoms with E-state index in [0.717, 1.165) is 19.4 Å². The van der Waals surface area contributed by atoms with Crippen LogP contribution in [0.25, 0.3) is 0 Å². The van der Waals surface area contributed by atoms with Crippen LogP contribution in [0.4, 0.5) is 10.5 Å². The van der Waals surface area contributed by atoms with Crippen LogP contribution in [-0.4, -0.2) is 67.6 Å². The van der Waals surface area contributed by atoms with E-state index < -0.39 is 5.97 Å². The van der Waals surface area contributed by atoms with Gasteiger partial charge in [0, 0.05) is 25.3 Å². The first kappa shape index (κ1) is 19.6. The van der Waals surface area contributed by atoms with Crippen molar-refractivity contribution in [2.24, 2.45) is 0 Å². The summed E-state index contributed by atoms with van der Waals surface area (Å²) in [5, 5.41) is 2.76. The number of ether oxygens (including phenoxy) is 2. The van der Waals surface area contributed by atoms with E-state index in [4.69, 9.17) is 4.74 Å². The maximum absolute atomic E-state index is 12.3. The molecule has 1 aromatic carbocycles. The first-order chi connectivity index (χ1) is 12.5. The van der Waals surface area contributed by atoms with Gasteiger partial charge in [0.15, 0.2) is 6.61 Å². The predicted molar refractivity (Wildman–Crippen MR) is 96.0 cm³/mol. The van der Waals surface area contributed by atoms with Crippen LogP contribution in [0.3, 0.4) is 0 Å². The average molecular weight is 363 g/mol. The maximum Gasteiger partial charge on any atom is 0.343 e. The number of piperazine rings is 1. The van der Waals surface area contributed by atoms with Gasteiger partial charge in [0.25, 0.3) is 0 Å². The van der Waals surface area contributed by atoms with E-state index in [9.17, 15) is 14.4 Å². The molecule has 1 fully saturated rings. The first-order valence-corrected chi connectivity index (χ1v) is 8.67. The van der Waals surface area contributed by atoms with Crippen molar-refractivity contribution in [3.63, 3.8) is 0 Å². The summed E-state index contributed by atoms with van der Waals surface area (Å²) in [6.07, 6.45) is 2.01. The lowest BCUT2D eigenvalue weighted by atomic mass is 10.2. The predicted octanol–water partition coefficient (Wildman–Crippen LogP) is 1.71. The Morgan fingerprint density at radius 2 is 1.92 bits per heavy atom. The fourth-order valence-electron chi connectivity index (χ4n) is 2.51. The van der Waals surface area contributed by atoms with Gasteiger partial charge < -0.3 is 24.6 Å². The number of benzene rings is 1. The number of unbranched alkanes of at least 4 members (excludes halogenated alkanes) is 1. The van der Waals surface area contributed by atoms with Gasteiger partial charge in [-0.2, -0.15) is 0 Å². The van der Waals surface area contributed by atoms with Crippen LogP contribution in [-0.2, 0) is 14.3 Å². The van der Waals surface area contributed by atoms with Crippen LogP contribution in [0.5, 0.6) is 5.75 Å². The molecule has 0 atom stereocenters. The van der Waals surface area contributed by atoms with Crippen LogP contribution in [0.15, 0.2) is 24.3 Å². The molecule has 1 heterocycles. The number of esters is 1. The molecule has 0 aromatic heterocycles. The molecule has 0 unspecified atom stereocenters. The maximum atomic E-state index is 12.3.